The average molecular weight is 427 g/mol. The van der Waals surface area contributed by atoms with E-state index in [0.717, 1.165) is 16.8 Å². The topological polar surface area (TPSA) is 58.6 Å². The van der Waals surface area contributed by atoms with Crippen LogP contribution < -0.4 is 15.0 Å². The molecule has 162 valence electrons. The van der Waals surface area contributed by atoms with Gasteiger partial charge in [0.1, 0.15) is 11.4 Å². The van der Waals surface area contributed by atoms with E-state index in [0.29, 0.717) is 28.5 Å². The Labute approximate surface area is 188 Å². The highest BCUT2D eigenvalue weighted by Crippen LogP contribution is 2.37. The summed E-state index contributed by atoms with van der Waals surface area (Å²) in [5.74, 6) is 0.114. The minimum Gasteiger partial charge on any atom is -0.496 e. The number of carbonyl (C=O) groups is 2. The summed E-state index contributed by atoms with van der Waals surface area (Å²) in [7, 11) is 1.55. The molecule has 4 rings (SSSR count). The molecule has 1 N–H and O–H groups in total. The zero-order valence-corrected chi connectivity index (χ0v) is 18.7. The molecule has 0 aliphatic carbocycles. The Morgan fingerprint density at radius 3 is 2.16 bits per heavy atom. The summed E-state index contributed by atoms with van der Waals surface area (Å²) in [5, 5.41) is 3.23. The number of anilines is 2. The smallest absolute Gasteiger partial charge is 0.282 e. The van der Waals surface area contributed by atoms with E-state index in [2.05, 4.69) is 19.2 Å². The number of nitrogens with one attached hydrogen (secondary N) is 1. The molecule has 0 aromatic heterocycles. The number of carbonyl (C=O) groups excluding carboxylic acids is 2. The Morgan fingerprint density at radius 1 is 0.844 bits per heavy atom. The van der Waals surface area contributed by atoms with E-state index < -0.39 is 5.91 Å². The maximum absolute atomic E-state index is 13.6. The van der Waals surface area contributed by atoms with E-state index in [1.807, 2.05) is 67.6 Å². The second kappa shape index (κ2) is 8.71. The Morgan fingerprint density at radius 2 is 1.50 bits per heavy atom. The van der Waals surface area contributed by atoms with Gasteiger partial charge in [0.15, 0.2) is 0 Å². The minimum atomic E-state index is -0.392. The summed E-state index contributed by atoms with van der Waals surface area (Å²) >= 11 is 0. The second-order valence-electron chi connectivity index (χ2n) is 8.08. The van der Waals surface area contributed by atoms with Gasteiger partial charge in [-0.15, -0.1) is 0 Å². The van der Waals surface area contributed by atoms with E-state index in [1.165, 1.54) is 4.90 Å². The van der Waals surface area contributed by atoms with Crippen LogP contribution in [0.1, 0.15) is 36.5 Å². The fraction of sp³-hybridized carbons (Fsp3) is 0.185. The Balaban J connectivity index is 1.84. The number of nitrogens with zero attached hydrogens (tertiary/aromatic N) is 1. The quantitative estimate of drug-likeness (QED) is 0.527. The molecule has 0 saturated heterocycles. The highest BCUT2D eigenvalue weighted by molar-refractivity contribution is 6.46. The lowest BCUT2D eigenvalue weighted by Gasteiger charge is -2.17. The van der Waals surface area contributed by atoms with Crippen LogP contribution in [0.15, 0.2) is 78.5 Å². The number of ether oxygens (including phenoxy) is 1. The van der Waals surface area contributed by atoms with Gasteiger partial charge in [0.2, 0.25) is 0 Å². The molecule has 3 aromatic carbocycles. The van der Waals surface area contributed by atoms with Crippen molar-refractivity contribution in [2.75, 3.05) is 17.3 Å². The number of aryl methyl sites for hydroxylation is 1. The van der Waals surface area contributed by atoms with Crippen LogP contribution >= 0.6 is 0 Å². The van der Waals surface area contributed by atoms with Crippen molar-refractivity contribution >= 4 is 28.8 Å². The van der Waals surface area contributed by atoms with Crippen molar-refractivity contribution in [1.29, 1.82) is 0 Å². The van der Waals surface area contributed by atoms with Crippen molar-refractivity contribution < 1.29 is 14.3 Å². The predicted molar refractivity (Wildman–Crippen MR) is 128 cm³/mol. The van der Waals surface area contributed by atoms with Gasteiger partial charge in [-0.05, 0) is 48.2 Å². The summed E-state index contributed by atoms with van der Waals surface area (Å²) in [6, 6.07) is 22.5. The van der Waals surface area contributed by atoms with Crippen molar-refractivity contribution in [3.05, 3.63) is 95.2 Å². The number of methoxy groups -OCH3 is 1. The number of hydrogen-bond acceptors (Lipinski definition) is 4. The highest BCUT2D eigenvalue weighted by atomic mass is 16.5. The third kappa shape index (κ3) is 3.78. The first kappa shape index (κ1) is 21.4. The Hall–Kier alpha value is -3.86. The van der Waals surface area contributed by atoms with Crippen molar-refractivity contribution in [2.24, 2.45) is 0 Å². The summed E-state index contributed by atoms with van der Waals surface area (Å²) in [5.41, 5.74) is 4.53. The Bertz CT molecular complexity index is 1210. The number of hydrogen-bond donors (Lipinski definition) is 1. The number of imide groups is 1. The lowest BCUT2D eigenvalue weighted by molar-refractivity contribution is -0.120. The monoisotopic (exact) mass is 426 g/mol. The maximum atomic E-state index is 13.6. The molecule has 0 fully saturated rings. The van der Waals surface area contributed by atoms with Gasteiger partial charge in [-0.2, -0.15) is 0 Å². The first-order valence-electron chi connectivity index (χ1n) is 10.6. The zero-order chi connectivity index (χ0) is 22.8. The van der Waals surface area contributed by atoms with Crippen molar-refractivity contribution in [3.8, 4) is 5.75 Å². The molecule has 0 saturated carbocycles. The molecule has 5 nitrogen and oxygen atoms in total. The van der Waals surface area contributed by atoms with Crippen LogP contribution in [0, 0.1) is 6.92 Å². The van der Waals surface area contributed by atoms with E-state index in [4.69, 9.17) is 4.74 Å². The highest BCUT2D eigenvalue weighted by Gasteiger charge is 2.41. The number of rotatable bonds is 6. The molecule has 1 aliphatic heterocycles. The van der Waals surface area contributed by atoms with Crippen molar-refractivity contribution in [2.45, 2.75) is 26.7 Å². The molecule has 3 aromatic rings. The molecule has 5 heteroatoms. The maximum Gasteiger partial charge on any atom is 0.282 e. The molecule has 1 aliphatic rings. The molecule has 0 bridgehead atoms. The van der Waals surface area contributed by atoms with Gasteiger partial charge in [-0.3, -0.25) is 9.59 Å². The van der Waals surface area contributed by atoms with Crippen molar-refractivity contribution in [3.63, 3.8) is 0 Å². The molecule has 2 amide bonds. The van der Waals surface area contributed by atoms with Gasteiger partial charge >= 0.3 is 0 Å². The van der Waals surface area contributed by atoms with Gasteiger partial charge in [-0.25, -0.2) is 4.90 Å². The van der Waals surface area contributed by atoms with Gasteiger partial charge < -0.3 is 10.1 Å². The first-order valence-corrected chi connectivity index (χ1v) is 10.6. The second-order valence-corrected chi connectivity index (χ2v) is 8.08. The lowest BCUT2D eigenvalue weighted by Crippen LogP contribution is -2.32. The predicted octanol–water partition coefficient (Wildman–Crippen LogP) is 5.52. The summed E-state index contributed by atoms with van der Waals surface area (Å²) < 4.78 is 5.50. The fourth-order valence-electron chi connectivity index (χ4n) is 3.84. The lowest BCUT2D eigenvalue weighted by atomic mass is 10.0. The number of amides is 2. The average Bonchev–Trinajstić information content (AvgIpc) is 3.04. The van der Waals surface area contributed by atoms with E-state index in [9.17, 15) is 9.59 Å². The third-order valence-corrected chi connectivity index (χ3v) is 5.68. The summed E-state index contributed by atoms with van der Waals surface area (Å²) in [6.07, 6.45) is 0. The molecule has 0 spiro atoms. The van der Waals surface area contributed by atoms with Gasteiger partial charge in [0.05, 0.1) is 18.4 Å². The third-order valence-electron chi connectivity index (χ3n) is 5.68. The van der Waals surface area contributed by atoms with Gasteiger partial charge in [-0.1, -0.05) is 62.4 Å². The van der Waals surface area contributed by atoms with Crippen molar-refractivity contribution in [1.82, 2.24) is 0 Å². The normalized spacial score (nSPS) is 13.8. The molecule has 0 unspecified atom stereocenters. The SMILES string of the molecule is COc1ccccc1C1=C(Nc2ccccc2C)C(=O)N(c2ccc(C(C)C)cc2)C1=O. The first-order chi connectivity index (χ1) is 15.4. The molecule has 0 radical (unpaired) electrons. The van der Waals surface area contributed by atoms with Crippen LogP contribution in [0.3, 0.4) is 0 Å². The summed E-state index contributed by atoms with van der Waals surface area (Å²) in [6.45, 7) is 6.16. The summed E-state index contributed by atoms with van der Waals surface area (Å²) in [4.78, 5) is 28.4. The number of para-hydroxylation sites is 2. The standard InChI is InChI=1S/C27H26N2O3/c1-17(2)19-13-15-20(16-14-19)29-26(30)24(21-10-6-8-12-23(21)32-4)25(27(29)31)28-22-11-7-5-9-18(22)3/h5-17,28H,1-4H3. The fourth-order valence-corrected chi connectivity index (χ4v) is 3.84. The van der Waals surface area contributed by atoms with Gasteiger partial charge in [0, 0.05) is 11.3 Å². The van der Waals surface area contributed by atoms with Crippen LogP contribution in [0.25, 0.3) is 5.57 Å². The van der Waals surface area contributed by atoms with Crippen LogP contribution in [0.2, 0.25) is 0 Å². The molecular weight excluding hydrogens is 400 g/mol. The van der Waals surface area contributed by atoms with E-state index in [1.54, 1.807) is 19.2 Å². The molecule has 1 heterocycles. The van der Waals surface area contributed by atoms with Crippen LogP contribution in [0.5, 0.6) is 5.75 Å². The van der Waals surface area contributed by atoms with Crippen LogP contribution in [0.4, 0.5) is 11.4 Å². The van der Waals surface area contributed by atoms with E-state index in [-0.39, 0.29) is 11.6 Å². The largest absolute Gasteiger partial charge is 0.496 e. The molecule has 0 atom stereocenters. The van der Waals surface area contributed by atoms with Gasteiger partial charge in [0.25, 0.3) is 11.8 Å². The molecule has 32 heavy (non-hydrogen) atoms. The number of benzene rings is 3. The van der Waals surface area contributed by atoms with Crippen LogP contribution in [-0.4, -0.2) is 18.9 Å². The minimum absolute atomic E-state index is 0.238. The van der Waals surface area contributed by atoms with E-state index >= 15 is 0 Å². The molecular formula is C27H26N2O3. The zero-order valence-electron chi connectivity index (χ0n) is 18.7. The van der Waals surface area contributed by atoms with Crippen LogP contribution in [-0.2, 0) is 9.59 Å². The Kier molecular flexibility index (Phi) is 5.82.